The Hall–Kier alpha value is -1.46. The highest BCUT2D eigenvalue weighted by atomic mass is 16.4. The first-order valence-electron chi connectivity index (χ1n) is 3.67. The van der Waals surface area contributed by atoms with Crippen molar-refractivity contribution in [1.29, 1.82) is 0 Å². The van der Waals surface area contributed by atoms with Crippen LogP contribution >= 0.6 is 0 Å². The molecule has 1 heterocycles. The summed E-state index contributed by atoms with van der Waals surface area (Å²) < 4.78 is 0. The zero-order chi connectivity index (χ0) is 9.14. The number of nitrogens with zero attached hydrogens (tertiary/aromatic N) is 2. The molecule has 1 saturated heterocycles. The second-order valence-corrected chi connectivity index (χ2v) is 2.79. The van der Waals surface area contributed by atoms with E-state index in [0.29, 0.717) is 19.5 Å². The molecule has 0 spiro atoms. The third-order valence-electron chi connectivity index (χ3n) is 2.02. The smallest absolute Gasteiger partial charge is 0.233 e. The Labute approximate surface area is 69.8 Å². The maximum Gasteiger partial charge on any atom is 0.233 e. The van der Waals surface area contributed by atoms with Gasteiger partial charge < -0.3 is 21.6 Å². The van der Waals surface area contributed by atoms with Gasteiger partial charge in [0.2, 0.25) is 11.9 Å². The topological polar surface area (TPSA) is 105 Å². The second-order valence-electron chi connectivity index (χ2n) is 2.79. The Balaban J connectivity index is 2.51. The number of carbonyl (C=O) groups is 1. The molecule has 0 aromatic rings. The van der Waals surface area contributed by atoms with Crippen LogP contribution in [0.3, 0.4) is 0 Å². The van der Waals surface area contributed by atoms with Gasteiger partial charge in [-0.05, 0) is 6.42 Å². The van der Waals surface area contributed by atoms with Crippen LogP contribution in [0.4, 0.5) is 0 Å². The summed E-state index contributed by atoms with van der Waals surface area (Å²) in [6.07, 6.45) is 0.672. The van der Waals surface area contributed by atoms with Crippen LogP contribution in [-0.2, 0) is 4.79 Å². The highest BCUT2D eigenvalue weighted by Gasteiger charge is 2.27. The first kappa shape index (κ1) is 8.63. The lowest BCUT2D eigenvalue weighted by Crippen LogP contribution is -2.36. The molecular weight excluding hydrogens is 160 g/mol. The fourth-order valence-corrected chi connectivity index (χ4v) is 1.26. The van der Waals surface area contributed by atoms with Gasteiger partial charge in [0.1, 0.15) is 0 Å². The Morgan fingerprint density at radius 3 is 2.67 bits per heavy atom. The molecule has 1 amide bonds. The van der Waals surface area contributed by atoms with E-state index in [9.17, 15) is 4.79 Å². The Kier molecular flexibility index (Phi) is 2.37. The molecule has 1 atom stereocenters. The molecule has 1 fully saturated rings. The third kappa shape index (κ3) is 1.58. The normalized spacial score (nSPS) is 24.5. The van der Waals surface area contributed by atoms with Gasteiger partial charge in [0.05, 0.1) is 5.92 Å². The minimum atomic E-state index is -0.330. The number of oxime groups is 1. The minimum absolute atomic E-state index is 0.0405. The first-order chi connectivity index (χ1) is 5.65. The van der Waals surface area contributed by atoms with E-state index in [4.69, 9.17) is 16.7 Å². The number of rotatable bonds is 1. The molecule has 0 saturated carbocycles. The quantitative estimate of drug-likeness (QED) is 0.194. The van der Waals surface area contributed by atoms with Gasteiger partial charge in [0.15, 0.2) is 0 Å². The molecule has 5 N–H and O–H groups in total. The van der Waals surface area contributed by atoms with Gasteiger partial charge in [-0.2, -0.15) is 0 Å². The van der Waals surface area contributed by atoms with Gasteiger partial charge >= 0.3 is 0 Å². The summed E-state index contributed by atoms with van der Waals surface area (Å²) in [4.78, 5) is 12.3. The van der Waals surface area contributed by atoms with E-state index in [0.717, 1.165) is 0 Å². The molecule has 1 rings (SSSR count). The van der Waals surface area contributed by atoms with Crippen LogP contribution < -0.4 is 11.5 Å². The number of likely N-dealkylation sites (tertiary alicyclic amines) is 1. The van der Waals surface area contributed by atoms with Gasteiger partial charge in [-0.3, -0.25) is 4.79 Å². The number of nitrogens with two attached hydrogens (primary N) is 2. The van der Waals surface area contributed by atoms with Crippen LogP contribution in [0.5, 0.6) is 0 Å². The largest absolute Gasteiger partial charge is 0.408 e. The summed E-state index contributed by atoms with van der Waals surface area (Å²) in [6, 6.07) is 0. The molecular formula is C6H12N4O2. The van der Waals surface area contributed by atoms with Crippen molar-refractivity contribution in [1.82, 2.24) is 4.90 Å². The fraction of sp³-hybridized carbons (Fsp3) is 0.667. The van der Waals surface area contributed by atoms with Crippen LogP contribution in [-0.4, -0.2) is 35.1 Å². The van der Waals surface area contributed by atoms with E-state index in [1.165, 1.54) is 0 Å². The summed E-state index contributed by atoms with van der Waals surface area (Å²) in [7, 11) is 0. The van der Waals surface area contributed by atoms with E-state index in [1.807, 2.05) is 0 Å². The first-order valence-corrected chi connectivity index (χ1v) is 3.67. The van der Waals surface area contributed by atoms with Crippen LogP contribution in [0, 0.1) is 5.92 Å². The van der Waals surface area contributed by atoms with Gasteiger partial charge in [0.25, 0.3) is 0 Å². The maximum absolute atomic E-state index is 10.7. The molecule has 6 heteroatoms. The van der Waals surface area contributed by atoms with Crippen molar-refractivity contribution < 1.29 is 10.0 Å². The molecule has 1 unspecified atom stereocenters. The molecule has 0 aliphatic carbocycles. The standard InChI is InChI=1S/C6H12N4O2/c7-5(11)4-1-2-10(3-4)6(8)9-12/h4,12H,1-3H2,(H2,7,11)(H2,8,9). The van der Waals surface area contributed by atoms with Crippen molar-refractivity contribution in [3.8, 4) is 0 Å². The lowest BCUT2D eigenvalue weighted by atomic mass is 10.1. The maximum atomic E-state index is 10.7. The fourth-order valence-electron chi connectivity index (χ4n) is 1.26. The van der Waals surface area contributed by atoms with E-state index in [1.54, 1.807) is 4.90 Å². The predicted molar refractivity (Wildman–Crippen MR) is 42.3 cm³/mol. The lowest BCUT2D eigenvalue weighted by molar-refractivity contribution is -0.121. The molecule has 12 heavy (non-hydrogen) atoms. The Morgan fingerprint density at radius 2 is 2.25 bits per heavy atom. The number of carbonyl (C=O) groups excluding carboxylic acids is 1. The number of hydrogen-bond donors (Lipinski definition) is 3. The molecule has 1 aliphatic rings. The predicted octanol–water partition coefficient (Wildman–Crippen LogP) is -1.50. The average molecular weight is 172 g/mol. The highest BCUT2D eigenvalue weighted by molar-refractivity contribution is 5.81. The summed E-state index contributed by atoms with van der Waals surface area (Å²) >= 11 is 0. The Bertz CT molecular complexity index is 216. The zero-order valence-electron chi connectivity index (χ0n) is 6.60. The number of primary amides is 1. The van der Waals surface area contributed by atoms with Crippen molar-refractivity contribution in [3.05, 3.63) is 0 Å². The number of amides is 1. The van der Waals surface area contributed by atoms with Gasteiger partial charge in [0, 0.05) is 13.1 Å². The van der Waals surface area contributed by atoms with Crippen molar-refractivity contribution in [3.63, 3.8) is 0 Å². The van der Waals surface area contributed by atoms with Crippen molar-refractivity contribution in [2.45, 2.75) is 6.42 Å². The van der Waals surface area contributed by atoms with E-state index >= 15 is 0 Å². The van der Waals surface area contributed by atoms with Crippen molar-refractivity contribution >= 4 is 11.9 Å². The number of hydrogen-bond acceptors (Lipinski definition) is 3. The molecule has 68 valence electrons. The average Bonchev–Trinajstić information content (AvgIpc) is 2.51. The van der Waals surface area contributed by atoms with Crippen LogP contribution in [0.25, 0.3) is 0 Å². The third-order valence-corrected chi connectivity index (χ3v) is 2.02. The SMILES string of the molecule is NC(=O)C1CCN(C(N)=NO)C1. The summed E-state index contributed by atoms with van der Waals surface area (Å²) in [5.74, 6) is -0.465. The second kappa shape index (κ2) is 3.29. The lowest BCUT2D eigenvalue weighted by Gasteiger charge is -2.14. The number of guanidine groups is 1. The minimum Gasteiger partial charge on any atom is -0.408 e. The molecule has 0 bridgehead atoms. The molecule has 6 nitrogen and oxygen atoms in total. The van der Waals surface area contributed by atoms with Crippen molar-refractivity contribution in [2.24, 2.45) is 22.5 Å². The van der Waals surface area contributed by atoms with E-state index in [-0.39, 0.29) is 17.8 Å². The van der Waals surface area contributed by atoms with Gasteiger partial charge in [-0.25, -0.2) is 0 Å². The molecule has 0 aromatic carbocycles. The van der Waals surface area contributed by atoms with Gasteiger partial charge in [-0.1, -0.05) is 5.16 Å². The molecule has 0 radical (unpaired) electrons. The zero-order valence-corrected chi connectivity index (χ0v) is 6.60. The summed E-state index contributed by atoms with van der Waals surface area (Å²) in [5, 5.41) is 11.2. The van der Waals surface area contributed by atoms with Crippen molar-refractivity contribution in [2.75, 3.05) is 13.1 Å². The summed E-state index contributed by atoms with van der Waals surface area (Å²) in [5.41, 5.74) is 10.4. The monoisotopic (exact) mass is 172 g/mol. The van der Waals surface area contributed by atoms with E-state index in [2.05, 4.69) is 5.16 Å². The van der Waals surface area contributed by atoms with Crippen LogP contribution in [0.2, 0.25) is 0 Å². The van der Waals surface area contributed by atoms with E-state index < -0.39 is 0 Å². The Morgan fingerprint density at radius 1 is 1.58 bits per heavy atom. The molecule has 0 aromatic heterocycles. The highest BCUT2D eigenvalue weighted by Crippen LogP contribution is 2.14. The van der Waals surface area contributed by atoms with Gasteiger partial charge in [-0.15, -0.1) is 0 Å². The summed E-state index contributed by atoms with van der Waals surface area (Å²) in [6.45, 7) is 1.06. The molecule has 1 aliphatic heterocycles. The van der Waals surface area contributed by atoms with Crippen LogP contribution in [0.1, 0.15) is 6.42 Å². The van der Waals surface area contributed by atoms with Crippen LogP contribution in [0.15, 0.2) is 5.16 Å².